The second-order valence-electron chi connectivity index (χ2n) is 3.85. The molecule has 1 aromatic carbocycles. The lowest BCUT2D eigenvalue weighted by atomic mass is 10.2. The lowest BCUT2D eigenvalue weighted by Gasteiger charge is -2.13. The van der Waals surface area contributed by atoms with E-state index in [1.54, 1.807) is 6.92 Å². The SMILES string of the molecule is CCOC(=O)C1CSC(c2ccc(F)cc2F)N1. The number of halogens is 2. The molecule has 1 aliphatic rings. The molecule has 2 rings (SSSR count). The number of carbonyl (C=O) groups excluding carboxylic acids is 1. The van der Waals surface area contributed by atoms with E-state index in [0.29, 0.717) is 17.9 Å². The average molecular weight is 273 g/mol. The minimum Gasteiger partial charge on any atom is -0.465 e. The van der Waals surface area contributed by atoms with Gasteiger partial charge in [-0.05, 0) is 13.0 Å². The maximum Gasteiger partial charge on any atom is 0.324 e. The predicted octanol–water partition coefficient (Wildman–Crippen LogP) is 2.23. The third kappa shape index (κ3) is 2.81. The van der Waals surface area contributed by atoms with Crippen LogP contribution in [0.15, 0.2) is 18.2 Å². The molecular weight excluding hydrogens is 260 g/mol. The molecular formula is C12H13F2NO2S. The highest BCUT2D eigenvalue weighted by Gasteiger charge is 2.32. The van der Waals surface area contributed by atoms with Gasteiger partial charge in [-0.3, -0.25) is 10.1 Å². The molecule has 0 saturated carbocycles. The lowest BCUT2D eigenvalue weighted by molar-refractivity contribution is -0.144. The highest BCUT2D eigenvalue weighted by atomic mass is 32.2. The first-order valence-corrected chi connectivity index (χ1v) is 6.66. The summed E-state index contributed by atoms with van der Waals surface area (Å²) in [6, 6.07) is 3.00. The van der Waals surface area contributed by atoms with Crippen molar-refractivity contribution >= 4 is 17.7 Å². The van der Waals surface area contributed by atoms with Crippen LogP contribution in [0.25, 0.3) is 0 Å². The first-order chi connectivity index (χ1) is 8.61. The number of thioether (sulfide) groups is 1. The molecule has 1 fully saturated rings. The van der Waals surface area contributed by atoms with Crippen molar-refractivity contribution in [2.45, 2.75) is 18.3 Å². The van der Waals surface area contributed by atoms with Crippen LogP contribution in [0.3, 0.4) is 0 Å². The maximum atomic E-state index is 13.6. The first-order valence-electron chi connectivity index (χ1n) is 5.61. The van der Waals surface area contributed by atoms with Crippen molar-refractivity contribution in [1.29, 1.82) is 0 Å². The molecule has 18 heavy (non-hydrogen) atoms. The average Bonchev–Trinajstić information content (AvgIpc) is 2.78. The van der Waals surface area contributed by atoms with Gasteiger partial charge in [0.1, 0.15) is 17.7 Å². The van der Waals surface area contributed by atoms with Crippen LogP contribution in [0, 0.1) is 11.6 Å². The summed E-state index contributed by atoms with van der Waals surface area (Å²) in [5.74, 6) is -1.04. The van der Waals surface area contributed by atoms with Crippen LogP contribution in [0.5, 0.6) is 0 Å². The van der Waals surface area contributed by atoms with Gasteiger partial charge in [0.15, 0.2) is 0 Å². The fourth-order valence-corrected chi connectivity index (χ4v) is 2.99. The van der Waals surface area contributed by atoms with Crippen molar-refractivity contribution in [3.05, 3.63) is 35.4 Å². The van der Waals surface area contributed by atoms with Gasteiger partial charge in [0, 0.05) is 17.4 Å². The highest BCUT2D eigenvalue weighted by molar-refractivity contribution is 7.99. The number of nitrogens with one attached hydrogen (secondary N) is 1. The van der Waals surface area contributed by atoms with Crippen molar-refractivity contribution in [2.24, 2.45) is 0 Å². The summed E-state index contributed by atoms with van der Waals surface area (Å²) in [5, 5.41) is 2.63. The Morgan fingerprint density at radius 1 is 1.56 bits per heavy atom. The van der Waals surface area contributed by atoms with Crippen molar-refractivity contribution in [2.75, 3.05) is 12.4 Å². The summed E-state index contributed by atoms with van der Waals surface area (Å²) >= 11 is 1.40. The van der Waals surface area contributed by atoms with Crippen LogP contribution >= 0.6 is 11.8 Å². The Kier molecular flexibility index (Phi) is 4.19. The Morgan fingerprint density at radius 2 is 2.33 bits per heavy atom. The highest BCUT2D eigenvalue weighted by Crippen LogP contribution is 2.34. The summed E-state index contributed by atoms with van der Waals surface area (Å²) in [6.45, 7) is 2.05. The van der Waals surface area contributed by atoms with Crippen molar-refractivity contribution in [3.63, 3.8) is 0 Å². The van der Waals surface area contributed by atoms with Gasteiger partial charge in [-0.1, -0.05) is 6.07 Å². The van der Waals surface area contributed by atoms with E-state index >= 15 is 0 Å². The van der Waals surface area contributed by atoms with Crippen LogP contribution in [0.4, 0.5) is 8.78 Å². The Bertz CT molecular complexity index is 456. The third-order valence-corrected chi connectivity index (χ3v) is 3.85. The van der Waals surface area contributed by atoms with E-state index < -0.39 is 17.7 Å². The molecule has 2 unspecified atom stereocenters. The molecule has 0 spiro atoms. The minimum atomic E-state index is -0.610. The zero-order valence-electron chi connectivity index (χ0n) is 9.78. The molecule has 0 bridgehead atoms. The molecule has 98 valence electrons. The minimum absolute atomic E-state index is 0.317. The summed E-state index contributed by atoms with van der Waals surface area (Å²) in [4.78, 5) is 11.5. The number of esters is 1. The fraction of sp³-hybridized carbons (Fsp3) is 0.417. The topological polar surface area (TPSA) is 38.3 Å². The van der Waals surface area contributed by atoms with Crippen LogP contribution in [0.2, 0.25) is 0 Å². The Labute approximate surface area is 108 Å². The van der Waals surface area contributed by atoms with Crippen molar-refractivity contribution < 1.29 is 18.3 Å². The number of rotatable bonds is 3. The van der Waals surface area contributed by atoms with Crippen molar-refractivity contribution in [1.82, 2.24) is 5.32 Å². The van der Waals surface area contributed by atoms with Crippen LogP contribution in [-0.2, 0) is 9.53 Å². The molecule has 6 heteroatoms. The number of carbonyl (C=O) groups is 1. The molecule has 1 aliphatic heterocycles. The second-order valence-corrected chi connectivity index (χ2v) is 4.99. The van der Waals surface area contributed by atoms with Gasteiger partial charge in [0.25, 0.3) is 0 Å². The molecule has 1 saturated heterocycles. The summed E-state index contributed by atoms with van der Waals surface area (Å²) in [5.41, 5.74) is 0.355. The molecule has 1 aromatic rings. The number of hydrogen-bond donors (Lipinski definition) is 1. The molecule has 1 N–H and O–H groups in total. The number of hydrogen-bond acceptors (Lipinski definition) is 4. The normalized spacial score (nSPS) is 23.1. The van der Waals surface area contributed by atoms with Crippen molar-refractivity contribution in [3.8, 4) is 0 Å². The molecule has 2 atom stereocenters. The van der Waals surface area contributed by atoms with Gasteiger partial charge in [0.2, 0.25) is 0 Å². The maximum absolute atomic E-state index is 13.6. The number of ether oxygens (including phenoxy) is 1. The quantitative estimate of drug-likeness (QED) is 0.857. The van der Waals surface area contributed by atoms with Crippen LogP contribution < -0.4 is 5.32 Å². The van der Waals surface area contributed by atoms with Gasteiger partial charge >= 0.3 is 5.97 Å². The van der Waals surface area contributed by atoms with E-state index in [1.807, 2.05) is 0 Å². The van der Waals surface area contributed by atoms with E-state index in [2.05, 4.69) is 5.32 Å². The molecule has 0 aliphatic carbocycles. The zero-order chi connectivity index (χ0) is 13.1. The monoisotopic (exact) mass is 273 g/mol. The molecule has 3 nitrogen and oxygen atoms in total. The van der Waals surface area contributed by atoms with Gasteiger partial charge in [-0.2, -0.15) is 0 Å². The van der Waals surface area contributed by atoms with Gasteiger partial charge in [0.05, 0.1) is 12.0 Å². The predicted molar refractivity (Wildman–Crippen MR) is 65.1 cm³/mol. The zero-order valence-corrected chi connectivity index (χ0v) is 10.6. The van der Waals surface area contributed by atoms with E-state index in [9.17, 15) is 13.6 Å². The fourth-order valence-electron chi connectivity index (χ4n) is 1.74. The molecule has 1 heterocycles. The third-order valence-electron chi connectivity index (χ3n) is 2.60. The summed E-state index contributed by atoms with van der Waals surface area (Å²) < 4.78 is 31.3. The second kappa shape index (κ2) is 5.67. The van der Waals surface area contributed by atoms with Gasteiger partial charge in [-0.15, -0.1) is 11.8 Å². The van der Waals surface area contributed by atoms with E-state index in [1.165, 1.54) is 23.9 Å². The van der Waals surface area contributed by atoms with Gasteiger partial charge in [-0.25, -0.2) is 8.78 Å². The number of benzene rings is 1. The molecule has 0 radical (unpaired) electrons. The van der Waals surface area contributed by atoms with Crippen LogP contribution in [-0.4, -0.2) is 24.4 Å². The van der Waals surface area contributed by atoms with E-state index in [-0.39, 0.29) is 11.3 Å². The molecule has 0 amide bonds. The molecule has 0 aromatic heterocycles. The van der Waals surface area contributed by atoms with E-state index in [4.69, 9.17) is 4.74 Å². The largest absolute Gasteiger partial charge is 0.465 e. The smallest absolute Gasteiger partial charge is 0.324 e. The Balaban J connectivity index is 2.06. The van der Waals surface area contributed by atoms with Gasteiger partial charge < -0.3 is 4.74 Å². The standard InChI is InChI=1S/C12H13F2NO2S/c1-2-17-12(16)10-6-18-11(15-10)8-4-3-7(13)5-9(8)14/h3-5,10-11,15H,2,6H2,1H3. The summed E-state index contributed by atoms with van der Waals surface area (Å²) in [6.07, 6.45) is 0. The Morgan fingerprint density at radius 3 is 3.00 bits per heavy atom. The Hall–Kier alpha value is -1.14. The van der Waals surface area contributed by atoms with Crippen LogP contribution in [0.1, 0.15) is 17.9 Å². The lowest BCUT2D eigenvalue weighted by Crippen LogP contribution is -2.35. The summed E-state index contributed by atoms with van der Waals surface area (Å²) in [7, 11) is 0. The van der Waals surface area contributed by atoms with E-state index in [0.717, 1.165) is 6.07 Å². The first kappa shape index (κ1) is 13.3.